The average molecular weight is 401 g/mol. The van der Waals surface area contributed by atoms with Gasteiger partial charge in [0.15, 0.2) is 16.7 Å². The molecule has 2 atom stereocenters. The molecule has 146 valence electrons. The highest BCUT2D eigenvalue weighted by Gasteiger charge is 2.42. The van der Waals surface area contributed by atoms with E-state index < -0.39 is 0 Å². The van der Waals surface area contributed by atoms with Crippen molar-refractivity contribution >= 4 is 23.0 Å². The van der Waals surface area contributed by atoms with Gasteiger partial charge in [-0.3, -0.25) is 9.67 Å². The van der Waals surface area contributed by atoms with Crippen LogP contribution in [0.15, 0.2) is 29.0 Å². The molecule has 0 aliphatic heterocycles. The lowest BCUT2D eigenvalue weighted by atomic mass is 10.1. The number of fused-ring (bicyclic) bond motifs is 1. The second-order valence-electron chi connectivity index (χ2n) is 6.83. The predicted molar refractivity (Wildman–Crippen MR) is 106 cm³/mol. The van der Waals surface area contributed by atoms with Gasteiger partial charge in [-0.05, 0) is 25.3 Å². The van der Waals surface area contributed by atoms with Gasteiger partial charge in [0, 0.05) is 43.5 Å². The molecule has 10 heteroatoms. The Bertz CT molecular complexity index is 1110. The lowest BCUT2D eigenvalue weighted by Crippen LogP contribution is -2.11. The van der Waals surface area contributed by atoms with E-state index in [9.17, 15) is 0 Å². The number of hydrogen-bond donors (Lipinski definition) is 1. The van der Waals surface area contributed by atoms with Crippen LogP contribution in [0.5, 0.6) is 5.75 Å². The van der Waals surface area contributed by atoms with Crippen LogP contribution >= 0.6 is 11.6 Å². The minimum Gasteiger partial charge on any atom is -0.493 e. The van der Waals surface area contributed by atoms with Gasteiger partial charge in [-0.1, -0.05) is 11.6 Å². The molecule has 0 radical (unpaired) electrons. The minimum atomic E-state index is 0.209. The molecule has 28 heavy (non-hydrogen) atoms. The molecule has 3 aromatic heterocycles. The van der Waals surface area contributed by atoms with E-state index in [-0.39, 0.29) is 11.8 Å². The molecule has 9 nitrogen and oxygen atoms in total. The summed E-state index contributed by atoms with van der Waals surface area (Å²) in [5.41, 5.74) is 10.0. The zero-order valence-corrected chi connectivity index (χ0v) is 16.8. The molecule has 4 rings (SSSR count). The molecule has 1 aliphatic rings. The summed E-state index contributed by atoms with van der Waals surface area (Å²) in [5, 5.41) is 17.5. The number of aromatic nitrogens is 6. The fourth-order valence-corrected chi connectivity index (χ4v) is 3.69. The number of aliphatic imine (C=N–C) groups is 1. The van der Waals surface area contributed by atoms with E-state index in [4.69, 9.17) is 22.1 Å². The second kappa shape index (κ2) is 6.90. The highest BCUT2D eigenvalue weighted by atomic mass is 35.5. The van der Waals surface area contributed by atoms with Crippen LogP contribution in [0.1, 0.15) is 29.4 Å². The Kier molecular flexibility index (Phi) is 4.54. The number of nitrogens with zero attached hydrogens (tertiary/aromatic N) is 7. The lowest BCUT2D eigenvalue weighted by molar-refractivity contribution is 0.415. The Morgan fingerprint density at radius 1 is 1.39 bits per heavy atom. The number of aryl methyl sites for hydroxylation is 2. The fourth-order valence-electron chi connectivity index (χ4n) is 3.39. The highest BCUT2D eigenvalue weighted by Crippen LogP contribution is 2.52. The van der Waals surface area contributed by atoms with Gasteiger partial charge in [-0.15, -0.1) is 10.2 Å². The molecule has 2 unspecified atom stereocenters. The number of rotatable bonds is 5. The van der Waals surface area contributed by atoms with Gasteiger partial charge in [0.2, 0.25) is 5.65 Å². The molecule has 3 heterocycles. The smallest absolute Gasteiger partial charge is 0.219 e. The summed E-state index contributed by atoms with van der Waals surface area (Å²) in [5.74, 6) is 1.72. The summed E-state index contributed by atoms with van der Waals surface area (Å²) in [6, 6.07) is 1.79. The fraction of sp³-hybridized carbons (Fsp3) is 0.389. The maximum atomic E-state index is 6.39. The van der Waals surface area contributed by atoms with Crippen LogP contribution < -0.4 is 10.5 Å². The van der Waals surface area contributed by atoms with E-state index in [0.717, 1.165) is 17.7 Å². The Hall–Kier alpha value is -2.94. The lowest BCUT2D eigenvalue weighted by Gasteiger charge is -2.07. The summed E-state index contributed by atoms with van der Waals surface area (Å²) in [7, 11) is 5.15. The summed E-state index contributed by atoms with van der Waals surface area (Å²) < 4.78 is 8.80. The van der Waals surface area contributed by atoms with Gasteiger partial charge in [-0.2, -0.15) is 14.7 Å². The van der Waals surface area contributed by atoms with E-state index in [2.05, 4.69) is 25.4 Å². The zero-order chi connectivity index (χ0) is 20.0. The second-order valence-corrected chi connectivity index (χ2v) is 7.19. The predicted octanol–water partition coefficient (Wildman–Crippen LogP) is 1.89. The zero-order valence-electron chi connectivity index (χ0n) is 16.1. The SMILES string of the molecule is CN=C(/C=C(\N)C1CC1c1cn(C)nc1Cl)c1cc(OC)c2nnc(C)n2n1. The van der Waals surface area contributed by atoms with Crippen LogP contribution in [0.3, 0.4) is 0 Å². The van der Waals surface area contributed by atoms with Crippen molar-refractivity contribution in [3.8, 4) is 5.75 Å². The molecular formula is C18H21ClN8O. The molecular weight excluding hydrogens is 380 g/mol. The van der Waals surface area contributed by atoms with E-state index in [1.807, 2.05) is 26.2 Å². The Labute approximate surface area is 166 Å². The van der Waals surface area contributed by atoms with Crippen molar-refractivity contribution in [1.29, 1.82) is 0 Å². The number of nitrogens with two attached hydrogens (primary N) is 1. The summed E-state index contributed by atoms with van der Waals surface area (Å²) in [6.45, 7) is 1.83. The quantitative estimate of drug-likeness (QED) is 0.655. The van der Waals surface area contributed by atoms with Crippen molar-refractivity contribution in [3.05, 3.63) is 46.3 Å². The van der Waals surface area contributed by atoms with Gasteiger partial charge < -0.3 is 10.5 Å². The van der Waals surface area contributed by atoms with E-state index >= 15 is 0 Å². The number of halogens is 1. The molecule has 0 spiro atoms. The van der Waals surface area contributed by atoms with Crippen molar-refractivity contribution in [2.75, 3.05) is 14.2 Å². The largest absolute Gasteiger partial charge is 0.493 e. The van der Waals surface area contributed by atoms with E-state index in [0.29, 0.717) is 33.8 Å². The summed E-state index contributed by atoms with van der Waals surface area (Å²) in [4.78, 5) is 4.37. The first-order chi connectivity index (χ1) is 13.4. The number of ether oxygens (including phenoxy) is 1. The molecule has 0 bridgehead atoms. The third-order valence-electron chi connectivity index (χ3n) is 4.95. The normalized spacial score (nSPS) is 20.0. The van der Waals surface area contributed by atoms with Gasteiger partial charge in [-0.25, -0.2) is 0 Å². The third-order valence-corrected chi connectivity index (χ3v) is 5.24. The molecule has 0 saturated heterocycles. The minimum absolute atomic E-state index is 0.209. The third kappa shape index (κ3) is 3.11. The maximum absolute atomic E-state index is 6.39. The van der Waals surface area contributed by atoms with Crippen molar-refractivity contribution in [2.24, 2.45) is 23.7 Å². The molecule has 2 N–H and O–H groups in total. The molecule has 3 aromatic rings. The standard InChI is InChI=1S/C18H21ClN8O/c1-9-22-23-18-16(28-4)7-15(24-27(9)18)14(21-2)6-13(20)11-5-10(11)12-8-26(3)25-17(12)19/h6-8,10-11H,5,20H2,1-4H3/b13-6-,21-14?. The molecule has 1 aliphatic carbocycles. The molecule has 0 amide bonds. The van der Waals surface area contributed by atoms with Crippen LogP contribution in [-0.2, 0) is 7.05 Å². The first-order valence-electron chi connectivity index (χ1n) is 8.83. The highest BCUT2D eigenvalue weighted by molar-refractivity contribution is 6.30. The average Bonchev–Trinajstić information content (AvgIpc) is 3.29. The summed E-state index contributed by atoms with van der Waals surface area (Å²) >= 11 is 6.22. The van der Waals surface area contributed by atoms with Gasteiger partial charge >= 0.3 is 0 Å². The van der Waals surface area contributed by atoms with Crippen LogP contribution in [0, 0.1) is 12.8 Å². The molecule has 1 fully saturated rings. The van der Waals surface area contributed by atoms with Crippen LogP contribution in [0.25, 0.3) is 5.65 Å². The van der Waals surface area contributed by atoms with Crippen molar-refractivity contribution in [2.45, 2.75) is 19.3 Å². The first kappa shape index (κ1) is 18.4. The van der Waals surface area contributed by atoms with E-state index in [1.54, 1.807) is 29.4 Å². The van der Waals surface area contributed by atoms with Gasteiger partial charge in [0.25, 0.3) is 0 Å². The Balaban J connectivity index is 1.64. The van der Waals surface area contributed by atoms with Crippen LogP contribution in [0.2, 0.25) is 5.15 Å². The maximum Gasteiger partial charge on any atom is 0.219 e. The van der Waals surface area contributed by atoms with Gasteiger partial charge in [0.05, 0.1) is 12.8 Å². The Morgan fingerprint density at radius 3 is 2.82 bits per heavy atom. The van der Waals surface area contributed by atoms with Gasteiger partial charge in [0.1, 0.15) is 5.69 Å². The van der Waals surface area contributed by atoms with Crippen LogP contribution in [-0.4, -0.2) is 49.5 Å². The first-order valence-corrected chi connectivity index (χ1v) is 9.21. The molecule has 1 saturated carbocycles. The number of allylic oxidation sites excluding steroid dienone is 2. The van der Waals surface area contributed by atoms with E-state index in [1.165, 1.54) is 0 Å². The van der Waals surface area contributed by atoms with Crippen molar-refractivity contribution in [3.63, 3.8) is 0 Å². The molecule has 0 aromatic carbocycles. The Morgan fingerprint density at radius 2 is 2.18 bits per heavy atom. The van der Waals surface area contributed by atoms with Crippen molar-refractivity contribution in [1.82, 2.24) is 29.6 Å². The topological polar surface area (TPSA) is 109 Å². The number of hydrogen-bond acceptors (Lipinski definition) is 7. The monoisotopic (exact) mass is 400 g/mol. The van der Waals surface area contributed by atoms with Crippen molar-refractivity contribution < 1.29 is 4.74 Å². The number of methoxy groups -OCH3 is 1. The van der Waals surface area contributed by atoms with Crippen LogP contribution in [0.4, 0.5) is 0 Å². The summed E-state index contributed by atoms with van der Waals surface area (Å²) in [6.07, 6.45) is 4.75.